The van der Waals surface area contributed by atoms with Gasteiger partial charge in [0.05, 0.1) is 6.54 Å². The van der Waals surface area contributed by atoms with Crippen LogP contribution < -0.4 is 0 Å². The average molecular weight is 292 g/mol. The van der Waals surface area contributed by atoms with E-state index in [2.05, 4.69) is 15.2 Å². The molecule has 0 radical (unpaired) electrons. The number of aromatic amines is 1. The first kappa shape index (κ1) is 13.7. The van der Waals surface area contributed by atoms with Gasteiger partial charge in [0.25, 0.3) is 0 Å². The Hall–Kier alpha value is -1.77. The first-order valence-corrected chi connectivity index (χ1v) is 5.54. The van der Waals surface area contributed by atoms with Gasteiger partial charge in [-0.25, -0.2) is 8.78 Å². The first-order valence-electron chi connectivity index (χ1n) is 5.13. The second kappa shape index (κ2) is 5.08. The summed E-state index contributed by atoms with van der Waals surface area (Å²) in [7, 11) is 0. The van der Waals surface area contributed by atoms with Gasteiger partial charge < -0.3 is 0 Å². The predicted molar refractivity (Wildman–Crippen MR) is 61.6 cm³/mol. The highest BCUT2D eigenvalue weighted by Gasteiger charge is 2.41. The standard InChI is InChI=1S/C10H8F4N4S/c11-8(12)10(13,14)5-18-7(16-17-9(18)19)6-2-1-3-15-4-6/h1-4,8H,5H2,(H,17,19). The molecule has 1 N–H and O–H groups in total. The molecule has 2 aromatic rings. The van der Waals surface area contributed by atoms with Crippen LogP contribution in [0.5, 0.6) is 0 Å². The fraction of sp³-hybridized carbons (Fsp3) is 0.300. The molecular weight excluding hydrogens is 284 g/mol. The van der Waals surface area contributed by atoms with Crippen LogP contribution in [0.4, 0.5) is 17.6 Å². The van der Waals surface area contributed by atoms with E-state index >= 15 is 0 Å². The molecule has 0 unspecified atom stereocenters. The summed E-state index contributed by atoms with van der Waals surface area (Å²) < 4.78 is 51.4. The van der Waals surface area contributed by atoms with Gasteiger partial charge in [-0.05, 0) is 24.4 Å². The van der Waals surface area contributed by atoms with Crippen LogP contribution in [0.25, 0.3) is 11.4 Å². The summed E-state index contributed by atoms with van der Waals surface area (Å²) in [5.41, 5.74) is 0.403. The van der Waals surface area contributed by atoms with Crippen molar-refractivity contribution in [2.75, 3.05) is 0 Å². The second-order valence-electron chi connectivity index (χ2n) is 3.74. The Morgan fingerprint density at radius 1 is 1.42 bits per heavy atom. The van der Waals surface area contributed by atoms with Crippen molar-refractivity contribution >= 4 is 12.2 Å². The quantitative estimate of drug-likeness (QED) is 0.696. The number of pyridine rings is 1. The molecular formula is C10H8F4N4S. The summed E-state index contributed by atoms with van der Waals surface area (Å²) in [5, 5.41) is 6.06. The Labute approximate surface area is 110 Å². The predicted octanol–water partition coefficient (Wildman–Crippen LogP) is 2.90. The number of hydrogen-bond acceptors (Lipinski definition) is 3. The molecule has 0 aliphatic carbocycles. The molecule has 0 amide bonds. The number of aromatic nitrogens is 4. The molecule has 0 aliphatic rings. The molecule has 0 spiro atoms. The fourth-order valence-corrected chi connectivity index (χ4v) is 1.66. The molecule has 0 bridgehead atoms. The highest BCUT2D eigenvalue weighted by atomic mass is 32.1. The van der Waals surface area contributed by atoms with Crippen LogP contribution in [0.1, 0.15) is 0 Å². The Morgan fingerprint density at radius 2 is 2.16 bits per heavy atom. The van der Waals surface area contributed by atoms with Gasteiger partial charge in [0.2, 0.25) is 0 Å². The van der Waals surface area contributed by atoms with Gasteiger partial charge in [-0.3, -0.25) is 14.6 Å². The van der Waals surface area contributed by atoms with E-state index in [9.17, 15) is 17.6 Å². The first-order chi connectivity index (χ1) is 8.92. The van der Waals surface area contributed by atoms with E-state index < -0.39 is 18.9 Å². The lowest BCUT2D eigenvalue weighted by atomic mass is 10.2. The molecule has 0 fully saturated rings. The van der Waals surface area contributed by atoms with Crippen LogP contribution in [0.2, 0.25) is 0 Å². The highest BCUT2D eigenvalue weighted by molar-refractivity contribution is 7.71. The topological polar surface area (TPSA) is 46.5 Å². The molecule has 0 atom stereocenters. The van der Waals surface area contributed by atoms with Gasteiger partial charge in [-0.1, -0.05) is 0 Å². The maximum Gasteiger partial charge on any atom is 0.325 e. The molecule has 0 saturated heterocycles. The summed E-state index contributed by atoms with van der Waals surface area (Å²) in [5.74, 6) is -4.14. The van der Waals surface area contributed by atoms with Crippen molar-refractivity contribution in [3.8, 4) is 11.4 Å². The SMILES string of the molecule is FC(F)C(F)(F)Cn1c(-c2cccnc2)n[nH]c1=S. The monoisotopic (exact) mass is 292 g/mol. The Balaban J connectivity index is 2.42. The van der Waals surface area contributed by atoms with E-state index in [1.54, 1.807) is 12.1 Å². The number of halogens is 4. The summed E-state index contributed by atoms with van der Waals surface area (Å²) in [6.45, 7) is -1.25. The molecule has 19 heavy (non-hydrogen) atoms. The minimum atomic E-state index is -4.18. The van der Waals surface area contributed by atoms with Crippen LogP contribution in [0.3, 0.4) is 0 Å². The van der Waals surface area contributed by atoms with Gasteiger partial charge in [0, 0.05) is 18.0 Å². The van der Waals surface area contributed by atoms with Crippen molar-refractivity contribution in [3.05, 3.63) is 29.3 Å². The zero-order valence-electron chi connectivity index (χ0n) is 9.36. The lowest BCUT2D eigenvalue weighted by Crippen LogP contribution is -2.32. The van der Waals surface area contributed by atoms with E-state index in [1.165, 1.54) is 12.4 Å². The molecule has 2 heterocycles. The smallest absolute Gasteiger partial charge is 0.294 e. The largest absolute Gasteiger partial charge is 0.325 e. The van der Waals surface area contributed by atoms with Crippen molar-refractivity contribution in [2.45, 2.75) is 18.9 Å². The van der Waals surface area contributed by atoms with Crippen molar-refractivity contribution in [1.29, 1.82) is 0 Å². The maximum atomic E-state index is 13.1. The maximum absolute atomic E-state index is 13.1. The van der Waals surface area contributed by atoms with Crippen molar-refractivity contribution in [3.63, 3.8) is 0 Å². The van der Waals surface area contributed by atoms with Crippen LogP contribution in [0.15, 0.2) is 24.5 Å². The number of alkyl halides is 4. The van der Waals surface area contributed by atoms with Crippen LogP contribution in [0, 0.1) is 4.77 Å². The normalized spacial score (nSPS) is 12.1. The summed E-state index contributed by atoms with van der Waals surface area (Å²) in [6, 6.07) is 3.14. The number of rotatable bonds is 4. The van der Waals surface area contributed by atoms with E-state index in [-0.39, 0.29) is 10.6 Å². The third-order valence-corrected chi connectivity index (χ3v) is 2.68. The van der Waals surface area contributed by atoms with Crippen molar-refractivity contribution in [1.82, 2.24) is 19.7 Å². The van der Waals surface area contributed by atoms with Crippen LogP contribution in [-0.4, -0.2) is 32.1 Å². The van der Waals surface area contributed by atoms with Crippen molar-refractivity contribution in [2.24, 2.45) is 0 Å². The molecule has 0 saturated carbocycles. The molecule has 102 valence electrons. The molecule has 0 aliphatic heterocycles. The highest BCUT2D eigenvalue weighted by Crippen LogP contribution is 2.27. The number of nitrogens with one attached hydrogen (secondary N) is 1. The van der Waals surface area contributed by atoms with Gasteiger partial charge in [0.15, 0.2) is 10.6 Å². The third kappa shape index (κ3) is 2.80. The van der Waals surface area contributed by atoms with Crippen LogP contribution in [-0.2, 0) is 6.54 Å². The molecule has 2 aromatic heterocycles. The minimum absolute atomic E-state index is 0.0402. The van der Waals surface area contributed by atoms with E-state index in [1.807, 2.05) is 0 Å². The van der Waals surface area contributed by atoms with E-state index in [4.69, 9.17) is 12.2 Å². The number of H-pyrrole nitrogens is 1. The molecule has 0 aromatic carbocycles. The lowest BCUT2D eigenvalue weighted by Gasteiger charge is -2.16. The summed E-state index contributed by atoms with van der Waals surface area (Å²) in [4.78, 5) is 3.81. The van der Waals surface area contributed by atoms with Gasteiger partial charge in [-0.2, -0.15) is 13.9 Å². The van der Waals surface area contributed by atoms with Gasteiger partial charge in [0.1, 0.15) is 0 Å². The summed E-state index contributed by atoms with van der Waals surface area (Å²) >= 11 is 4.77. The Bertz CT molecular complexity index is 607. The molecule has 2 rings (SSSR count). The summed E-state index contributed by atoms with van der Waals surface area (Å²) in [6.07, 6.45) is -0.906. The Kier molecular flexibility index (Phi) is 3.65. The zero-order valence-corrected chi connectivity index (χ0v) is 10.2. The van der Waals surface area contributed by atoms with Gasteiger partial charge in [-0.15, -0.1) is 0 Å². The van der Waals surface area contributed by atoms with E-state index in [0.29, 0.717) is 5.56 Å². The second-order valence-corrected chi connectivity index (χ2v) is 4.13. The molecule has 4 nitrogen and oxygen atoms in total. The minimum Gasteiger partial charge on any atom is -0.294 e. The zero-order chi connectivity index (χ0) is 14.0. The lowest BCUT2D eigenvalue weighted by molar-refractivity contribution is -0.137. The fourth-order valence-electron chi connectivity index (χ4n) is 1.46. The number of hydrogen-bond donors (Lipinski definition) is 1. The van der Waals surface area contributed by atoms with Gasteiger partial charge >= 0.3 is 12.3 Å². The van der Waals surface area contributed by atoms with E-state index in [0.717, 1.165) is 4.57 Å². The third-order valence-electron chi connectivity index (χ3n) is 2.37. The molecule has 9 heteroatoms. The van der Waals surface area contributed by atoms with Crippen LogP contribution >= 0.6 is 12.2 Å². The average Bonchev–Trinajstić information content (AvgIpc) is 2.71. The van der Waals surface area contributed by atoms with Crippen molar-refractivity contribution < 1.29 is 17.6 Å². The number of nitrogens with zero attached hydrogens (tertiary/aromatic N) is 3. The Morgan fingerprint density at radius 3 is 2.74 bits per heavy atom.